The molecule has 0 unspecified atom stereocenters. The Kier molecular flexibility index (Phi) is 4.49. The third kappa shape index (κ3) is 3.31. The number of amides is 1. The molecular weight excluding hydrogens is 278 g/mol. The van der Waals surface area contributed by atoms with Crippen molar-refractivity contribution in [3.63, 3.8) is 0 Å². The topological polar surface area (TPSA) is 47.0 Å². The molecule has 0 aromatic heterocycles. The molecule has 0 radical (unpaired) electrons. The van der Waals surface area contributed by atoms with Crippen molar-refractivity contribution in [1.82, 2.24) is 14.7 Å². The van der Waals surface area contributed by atoms with Crippen LogP contribution in [-0.2, 0) is 4.79 Å². The number of carbonyl (C=O) groups is 1. The summed E-state index contributed by atoms with van der Waals surface area (Å²) in [6, 6.07) is 0. The zero-order valence-electron chi connectivity index (χ0n) is 14.2. The molecule has 22 heavy (non-hydrogen) atoms. The number of carbonyl (C=O) groups excluding carboxylic acids is 1. The third-order valence-electron chi connectivity index (χ3n) is 5.74. The lowest BCUT2D eigenvalue weighted by atomic mass is 9.80. The maximum absolute atomic E-state index is 13.0. The fraction of sp³-hybridized carbons (Fsp3) is 0.941. The number of rotatable bonds is 3. The molecule has 0 aliphatic carbocycles. The van der Waals surface area contributed by atoms with E-state index in [0.717, 1.165) is 52.0 Å². The first kappa shape index (κ1) is 16.2. The molecule has 3 fully saturated rings. The van der Waals surface area contributed by atoms with Crippen LogP contribution in [0.15, 0.2) is 0 Å². The average molecular weight is 309 g/mol. The molecule has 0 spiro atoms. The predicted molar refractivity (Wildman–Crippen MR) is 86.7 cm³/mol. The van der Waals surface area contributed by atoms with Gasteiger partial charge >= 0.3 is 0 Å². The minimum absolute atomic E-state index is 0.247. The molecule has 126 valence electrons. The molecule has 0 saturated carbocycles. The molecule has 3 heterocycles. The molecule has 5 nitrogen and oxygen atoms in total. The lowest BCUT2D eigenvalue weighted by molar-refractivity contribution is -0.144. The van der Waals surface area contributed by atoms with Crippen molar-refractivity contribution in [2.24, 2.45) is 5.41 Å². The van der Waals surface area contributed by atoms with Gasteiger partial charge in [-0.15, -0.1) is 0 Å². The molecule has 3 rings (SSSR count). The minimum atomic E-state index is -0.697. The molecule has 3 saturated heterocycles. The zero-order chi connectivity index (χ0) is 15.8. The molecule has 0 bridgehead atoms. The lowest BCUT2D eigenvalue weighted by Crippen LogP contribution is -2.51. The smallest absolute Gasteiger partial charge is 0.229 e. The first-order valence-corrected chi connectivity index (χ1v) is 8.83. The van der Waals surface area contributed by atoms with E-state index in [1.165, 1.54) is 12.8 Å². The highest BCUT2D eigenvalue weighted by Crippen LogP contribution is 2.34. The number of piperidine rings is 1. The molecule has 0 aromatic rings. The van der Waals surface area contributed by atoms with Crippen molar-refractivity contribution in [2.45, 2.75) is 44.6 Å². The summed E-state index contributed by atoms with van der Waals surface area (Å²) in [5.74, 6) is 0.247. The Balaban J connectivity index is 1.60. The highest BCUT2D eigenvalue weighted by Gasteiger charge is 2.45. The zero-order valence-corrected chi connectivity index (χ0v) is 14.2. The van der Waals surface area contributed by atoms with Crippen LogP contribution in [0.3, 0.4) is 0 Å². The van der Waals surface area contributed by atoms with Crippen LogP contribution in [0.2, 0.25) is 0 Å². The van der Waals surface area contributed by atoms with E-state index in [1.807, 2.05) is 4.90 Å². The van der Waals surface area contributed by atoms with Gasteiger partial charge in [-0.2, -0.15) is 0 Å². The summed E-state index contributed by atoms with van der Waals surface area (Å²) >= 11 is 0. The third-order valence-corrected chi connectivity index (χ3v) is 5.74. The van der Waals surface area contributed by atoms with Crippen LogP contribution in [0.5, 0.6) is 0 Å². The van der Waals surface area contributed by atoms with Gasteiger partial charge in [-0.3, -0.25) is 4.79 Å². The van der Waals surface area contributed by atoms with Crippen LogP contribution in [0.1, 0.15) is 39.0 Å². The minimum Gasteiger partial charge on any atom is -0.387 e. The molecule has 5 heteroatoms. The second-order valence-corrected chi connectivity index (χ2v) is 8.09. The number of aliphatic hydroxyl groups is 1. The first-order chi connectivity index (χ1) is 10.4. The Labute approximate surface area is 134 Å². The van der Waals surface area contributed by atoms with Crippen molar-refractivity contribution in [3.8, 4) is 0 Å². The van der Waals surface area contributed by atoms with Crippen LogP contribution in [0.25, 0.3) is 0 Å². The van der Waals surface area contributed by atoms with Gasteiger partial charge in [0.25, 0.3) is 0 Å². The van der Waals surface area contributed by atoms with Crippen LogP contribution >= 0.6 is 0 Å². The van der Waals surface area contributed by atoms with Gasteiger partial charge < -0.3 is 19.8 Å². The van der Waals surface area contributed by atoms with E-state index >= 15 is 0 Å². The van der Waals surface area contributed by atoms with Crippen molar-refractivity contribution in [3.05, 3.63) is 0 Å². The quantitative estimate of drug-likeness (QED) is 0.837. The summed E-state index contributed by atoms with van der Waals surface area (Å²) in [7, 11) is 2.10. The number of hydrogen-bond acceptors (Lipinski definition) is 4. The molecule has 1 amide bonds. The van der Waals surface area contributed by atoms with Gasteiger partial charge in [0.15, 0.2) is 0 Å². The highest BCUT2D eigenvalue weighted by molar-refractivity contribution is 5.83. The van der Waals surface area contributed by atoms with Crippen LogP contribution in [0, 0.1) is 5.41 Å². The van der Waals surface area contributed by atoms with E-state index in [-0.39, 0.29) is 11.3 Å². The fourth-order valence-electron chi connectivity index (χ4n) is 4.57. The Morgan fingerprint density at radius 3 is 2.45 bits per heavy atom. The number of hydrogen-bond donors (Lipinski definition) is 1. The van der Waals surface area contributed by atoms with Gasteiger partial charge in [-0.25, -0.2) is 0 Å². The molecular formula is C17H31N3O2. The summed E-state index contributed by atoms with van der Waals surface area (Å²) < 4.78 is 0. The molecule has 2 atom stereocenters. The monoisotopic (exact) mass is 309 g/mol. The summed E-state index contributed by atoms with van der Waals surface area (Å²) in [4.78, 5) is 19.5. The Morgan fingerprint density at radius 1 is 1.05 bits per heavy atom. The molecule has 0 aromatic carbocycles. The lowest BCUT2D eigenvalue weighted by Gasteiger charge is -2.40. The van der Waals surface area contributed by atoms with E-state index in [4.69, 9.17) is 0 Å². The predicted octanol–water partition coefficient (Wildman–Crippen LogP) is 0.778. The van der Waals surface area contributed by atoms with Crippen LogP contribution in [0.4, 0.5) is 0 Å². The van der Waals surface area contributed by atoms with Gasteiger partial charge in [0.1, 0.15) is 0 Å². The van der Waals surface area contributed by atoms with Gasteiger partial charge in [0.05, 0.1) is 17.6 Å². The van der Waals surface area contributed by atoms with Crippen molar-refractivity contribution in [1.29, 1.82) is 0 Å². The Bertz CT molecular complexity index is 424. The summed E-state index contributed by atoms with van der Waals surface area (Å²) in [5.41, 5.74) is -0.969. The summed E-state index contributed by atoms with van der Waals surface area (Å²) in [6.45, 7) is 8.17. The Morgan fingerprint density at radius 2 is 1.77 bits per heavy atom. The SMILES string of the molecule is CN1CCC[C@@](C)(C(=O)N2CC[C@@](O)(CN3CCCC3)C2)C1. The number of likely N-dealkylation sites (tertiary alicyclic amines) is 3. The molecule has 3 aliphatic rings. The van der Waals surface area contributed by atoms with Gasteiger partial charge in [0, 0.05) is 19.6 Å². The van der Waals surface area contributed by atoms with E-state index in [1.54, 1.807) is 0 Å². The number of nitrogens with zero attached hydrogens (tertiary/aromatic N) is 3. The standard InChI is InChI=1S/C17H31N3O2/c1-16(6-5-8-18(2)12-16)15(21)20-11-7-17(22,14-20)13-19-9-3-4-10-19/h22H,3-14H2,1-2H3/t16-,17-/m1/s1. The highest BCUT2D eigenvalue weighted by atomic mass is 16.3. The number of β-amino-alcohol motifs (C(OH)–C–C–N with tert-alkyl or cyclic N) is 1. The normalized spacial score (nSPS) is 37.9. The maximum atomic E-state index is 13.0. The van der Waals surface area contributed by atoms with Gasteiger partial charge in [0.2, 0.25) is 5.91 Å². The second kappa shape index (κ2) is 6.10. The molecule has 3 aliphatic heterocycles. The fourth-order valence-corrected chi connectivity index (χ4v) is 4.57. The van der Waals surface area contributed by atoms with Gasteiger partial charge in [-0.1, -0.05) is 0 Å². The van der Waals surface area contributed by atoms with E-state index in [0.29, 0.717) is 13.1 Å². The molecule has 1 N–H and O–H groups in total. The van der Waals surface area contributed by atoms with E-state index in [9.17, 15) is 9.90 Å². The van der Waals surface area contributed by atoms with Crippen LogP contribution in [-0.4, -0.2) is 84.2 Å². The van der Waals surface area contributed by atoms with Crippen molar-refractivity contribution < 1.29 is 9.90 Å². The van der Waals surface area contributed by atoms with Gasteiger partial charge in [-0.05, 0) is 65.7 Å². The van der Waals surface area contributed by atoms with Crippen molar-refractivity contribution >= 4 is 5.91 Å². The van der Waals surface area contributed by atoms with Crippen molar-refractivity contribution in [2.75, 3.05) is 52.9 Å². The summed E-state index contributed by atoms with van der Waals surface area (Å²) in [5, 5.41) is 10.9. The first-order valence-electron chi connectivity index (χ1n) is 8.83. The summed E-state index contributed by atoms with van der Waals surface area (Å²) in [6.07, 6.45) is 5.26. The van der Waals surface area contributed by atoms with E-state index in [2.05, 4.69) is 23.8 Å². The largest absolute Gasteiger partial charge is 0.387 e. The van der Waals surface area contributed by atoms with Crippen LogP contribution < -0.4 is 0 Å². The maximum Gasteiger partial charge on any atom is 0.229 e. The van der Waals surface area contributed by atoms with E-state index < -0.39 is 5.60 Å². The second-order valence-electron chi connectivity index (χ2n) is 8.09. The average Bonchev–Trinajstić information content (AvgIpc) is 3.08. The Hall–Kier alpha value is -0.650.